The lowest BCUT2D eigenvalue weighted by atomic mass is 9.90. The van der Waals surface area contributed by atoms with Crippen molar-refractivity contribution in [3.05, 3.63) is 89.5 Å². The molecule has 1 N–H and O–H groups in total. The lowest BCUT2D eigenvalue weighted by Crippen LogP contribution is -2.33. The fraction of sp³-hybridized carbons (Fsp3) is 0.424. The summed E-state index contributed by atoms with van der Waals surface area (Å²) in [6.45, 7) is 4.01. The number of ether oxygens (including phenoxy) is 3. The molecule has 1 unspecified atom stereocenters. The van der Waals surface area contributed by atoms with Crippen molar-refractivity contribution in [2.45, 2.75) is 44.8 Å². The van der Waals surface area contributed by atoms with Gasteiger partial charge in [0.15, 0.2) is 17.3 Å². The Morgan fingerprint density at radius 1 is 0.949 bits per heavy atom. The number of ketones is 1. The number of nitrogens with one attached hydrogen (secondary N) is 1. The van der Waals surface area contributed by atoms with Crippen LogP contribution in [0.3, 0.4) is 0 Å². The van der Waals surface area contributed by atoms with E-state index in [1.54, 1.807) is 14.2 Å². The third kappa shape index (κ3) is 8.32. The summed E-state index contributed by atoms with van der Waals surface area (Å²) in [4.78, 5) is 15.7. The summed E-state index contributed by atoms with van der Waals surface area (Å²) in [5.74, 6) is 2.80. The van der Waals surface area contributed by atoms with Crippen LogP contribution in [0.25, 0.3) is 0 Å². The molecule has 39 heavy (non-hydrogen) atoms. The van der Waals surface area contributed by atoms with Crippen LogP contribution < -0.4 is 19.5 Å². The van der Waals surface area contributed by atoms with Gasteiger partial charge < -0.3 is 19.5 Å². The monoisotopic (exact) mass is 530 g/mol. The van der Waals surface area contributed by atoms with Gasteiger partial charge in [0, 0.05) is 31.0 Å². The molecule has 208 valence electrons. The average Bonchev–Trinajstić information content (AvgIpc) is 2.99. The summed E-state index contributed by atoms with van der Waals surface area (Å²) in [5, 5.41) is 3.21. The Morgan fingerprint density at radius 2 is 1.72 bits per heavy atom. The summed E-state index contributed by atoms with van der Waals surface area (Å²) in [5.41, 5.74) is 3.13. The minimum absolute atomic E-state index is 0.197. The third-order valence-corrected chi connectivity index (χ3v) is 7.61. The second-order valence-corrected chi connectivity index (χ2v) is 10.3. The van der Waals surface area contributed by atoms with E-state index < -0.39 is 0 Å². The molecule has 0 aromatic heterocycles. The predicted octanol–water partition coefficient (Wildman–Crippen LogP) is 6.31. The lowest BCUT2D eigenvalue weighted by molar-refractivity contribution is 0.0961. The van der Waals surface area contributed by atoms with Gasteiger partial charge >= 0.3 is 0 Å². The standard InChI is InChI=1S/C33H42N2O4/c1-34-19-16-31(39-29-13-15-32(37-2)33(23-29)38-3)28-11-7-10-27(22-28)30(36)14-12-25-17-20-35(21-18-25)24-26-8-5-4-6-9-26/h4-11,13,15,22-23,25,31,34H,12,14,16-21,24H2,1-3H3. The molecule has 3 aromatic carbocycles. The molecule has 6 nitrogen and oxygen atoms in total. The number of Topliss-reactive ketones (excluding diaryl/α,β-unsaturated/α-hetero) is 1. The van der Waals surface area contributed by atoms with Crippen molar-refractivity contribution in [3.8, 4) is 17.2 Å². The predicted molar refractivity (Wildman–Crippen MR) is 156 cm³/mol. The number of carbonyl (C=O) groups is 1. The molecule has 0 bridgehead atoms. The van der Waals surface area contributed by atoms with Gasteiger partial charge in [-0.25, -0.2) is 0 Å². The number of methoxy groups -OCH3 is 2. The zero-order valence-electron chi connectivity index (χ0n) is 23.5. The number of rotatable bonds is 14. The molecule has 1 saturated heterocycles. The maximum atomic E-state index is 13.2. The van der Waals surface area contributed by atoms with Crippen molar-refractivity contribution in [1.29, 1.82) is 0 Å². The zero-order valence-corrected chi connectivity index (χ0v) is 23.5. The molecule has 3 aromatic rings. The largest absolute Gasteiger partial charge is 0.493 e. The number of hydrogen-bond acceptors (Lipinski definition) is 6. The van der Waals surface area contributed by atoms with E-state index in [0.29, 0.717) is 29.6 Å². The first-order chi connectivity index (χ1) is 19.1. The van der Waals surface area contributed by atoms with Gasteiger partial charge in [0.25, 0.3) is 0 Å². The second-order valence-electron chi connectivity index (χ2n) is 10.3. The highest BCUT2D eigenvalue weighted by Gasteiger charge is 2.21. The minimum Gasteiger partial charge on any atom is -0.493 e. The molecule has 1 aliphatic rings. The molecule has 6 heteroatoms. The number of carbonyl (C=O) groups excluding carboxylic acids is 1. The SMILES string of the molecule is CNCCC(Oc1ccc(OC)c(OC)c1)c1cccc(C(=O)CCC2CCN(Cc3ccccc3)CC2)c1. The van der Waals surface area contributed by atoms with Crippen molar-refractivity contribution < 1.29 is 19.0 Å². The van der Waals surface area contributed by atoms with Crippen LogP contribution in [0.2, 0.25) is 0 Å². The number of likely N-dealkylation sites (tertiary alicyclic amines) is 1. The third-order valence-electron chi connectivity index (χ3n) is 7.61. The van der Waals surface area contributed by atoms with Crippen LogP contribution in [0.1, 0.15) is 59.7 Å². The fourth-order valence-corrected chi connectivity index (χ4v) is 5.29. The topological polar surface area (TPSA) is 60.0 Å². The Hall–Kier alpha value is -3.35. The van der Waals surface area contributed by atoms with Crippen LogP contribution in [0.4, 0.5) is 0 Å². The first-order valence-electron chi connectivity index (χ1n) is 14.0. The first-order valence-corrected chi connectivity index (χ1v) is 14.0. The van der Waals surface area contributed by atoms with Crippen LogP contribution >= 0.6 is 0 Å². The van der Waals surface area contributed by atoms with E-state index in [0.717, 1.165) is 63.0 Å². The molecule has 0 aliphatic carbocycles. The van der Waals surface area contributed by atoms with E-state index >= 15 is 0 Å². The van der Waals surface area contributed by atoms with E-state index in [-0.39, 0.29) is 11.9 Å². The van der Waals surface area contributed by atoms with Crippen LogP contribution in [0, 0.1) is 5.92 Å². The summed E-state index contributed by atoms with van der Waals surface area (Å²) >= 11 is 0. The Morgan fingerprint density at radius 3 is 2.44 bits per heavy atom. The Balaban J connectivity index is 1.33. The molecular weight excluding hydrogens is 488 g/mol. The van der Waals surface area contributed by atoms with Gasteiger partial charge in [-0.05, 0) is 81.2 Å². The molecule has 1 aliphatic heterocycles. The molecule has 4 rings (SSSR count). The maximum Gasteiger partial charge on any atom is 0.164 e. The normalized spacial score (nSPS) is 15.1. The van der Waals surface area contributed by atoms with Crippen LogP contribution in [0.15, 0.2) is 72.8 Å². The Kier molecular flexibility index (Phi) is 10.8. The average molecular weight is 531 g/mol. The fourth-order valence-electron chi connectivity index (χ4n) is 5.29. The van der Waals surface area contributed by atoms with Crippen LogP contribution in [-0.2, 0) is 6.54 Å². The maximum absolute atomic E-state index is 13.2. The van der Waals surface area contributed by atoms with Gasteiger partial charge in [0.05, 0.1) is 14.2 Å². The molecule has 0 saturated carbocycles. The van der Waals surface area contributed by atoms with Crippen molar-refractivity contribution in [2.24, 2.45) is 5.92 Å². The van der Waals surface area contributed by atoms with Crippen molar-refractivity contribution >= 4 is 5.78 Å². The molecule has 0 amide bonds. The van der Waals surface area contributed by atoms with Gasteiger partial charge in [0.1, 0.15) is 11.9 Å². The van der Waals surface area contributed by atoms with Gasteiger partial charge in [-0.2, -0.15) is 0 Å². The number of piperidine rings is 1. The van der Waals surface area contributed by atoms with Gasteiger partial charge in [0.2, 0.25) is 0 Å². The number of nitrogens with zero attached hydrogens (tertiary/aromatic N) is 1. The lowest BCUT2D eigenvalue weighted by Gasteiger charge is -2.32. The van der Waals surface area contributed by atoms with E-state index in [4.69, 9.17) is 14.2 Å². The highest BCUT2D eigenvalue weighted by atomic mass is 16.5. The van der Waals surface area contributed by atoms with Crippen LogP contribution in [0.5, 0.6) is 17.2 Å². The molecule has 1 heterocycles. The molecule has 0 radical (unpaired) electrons. The molecule has 1 atom stereocenters. The van der Waals surface area contributed by atoms with E-state index in [2.05, 4.69) is 40.5 Å². The molecule has 1 fully saturated rings. The molecular formula is C33H42N2O4. The summed E-state index contributed by atoms with van der Waals surface area (Å²) in [7, 11) is 5.16. The minimum atomic E-state index is -0.197. The summed E-state index contributed by atoms with van der Waals surface area (Å²) < 4.78 is 17.2. The summed E-state index contributed by atoms with van der Waals surface area (Å²) in [6.07, 6.45) is 4.43. The highest BCUT2D eigenvalue weighted by molar-refractivity contribution is 5.96. The van der Waals surface area contributed by atoms with Crippen LogP contribution in [-0.4, -0.2) is 51.6 Å². The second kappa shape index (κ2) is 14.7. The van der Waals surface area contributed by atoms with Gasteiger partial charge in [-0.15, -0.1) is 0 Å². The van der Waals surface area contributed by atoms with E-state index in [1.807, 2.05) is 49.5 Å². The van der Waals surface area contributed by atoms with E-state index in [9.17, 15) is 4.79 Å². The highest BCUT2D eigenvalue weighted by Crippen LogP contribution is 2.34. The quantitative estimate of drug-likeness (QED) is 0.247. The van der Waals surface area contributed by atoms with Crippen molar-refractivity contribution in [3.63, 3.8) is 0 Å². The van der Waals surface area contributed by atoms with Gasteiger partial charge in [-0.3, -0.25) is 9.69 Å². The Bertz CT molecular complexity index is 1180. The molecule has 0 spiro atoms. The van der Waals surface area contributed by atoms with Crippen molar-refractivity contribution in [1.82, 2.24) is 10.2 Å². The number of hydrogen-bond donors (Lipinski definition) is 1. The first kappa shape index (κ1) is 28.7. The summed E-state index contributed by atoms with van der Waals surface area (Å²) in [6, 6.07) is 24.2. The van der Waals surface area contributed by atoms with Crippen molar-refractivity contribution in [2.75, 3.05) is 40.9 Å². The number of benzene rings is 3. The van der Waals surface area contributed by atoms with E-state index in [1.165, 1.54) is 5.56 Å². The van der Waals surface area contributed by atoms with Gasteiger partial charge in [-0.1, -0.05) is 48.5 Å². The Labute approximate surface area is 233 Å². The zero-order chi connectivity index (χ0) is 27.5. The smallest absolute Gasteiger partial charge is 0.164 e.